The van der Waals surface area contributed by atoms with Gasteiger partial charge in [-0.25, -0.2) is 4.39 Å². The van der Waals surface area contributed by atoms with Gasteiger partial charge in [-0.2, -0.15) is 0 Å². The summed E-state index contributed by atoms with van der Waals surface area (Å²) >= 11 is 0. The number of rotatable bonds is 6. The van der Waals surface area contributed by atoms with Gasteiger partial charge in [0.1, 0.15) is 11.6 Å². The molecule has 142 valence electrons. The van der Waals surface area contributed by atoms with E-state index in [1.165, 1.54) is 23.3 Å². The molecule has 5 heteroatoms. The summed E-state index contributed by atoms with van der Waals surface area (Å²) in [6.45, 7) is 3.72. The zero-order chi connectivity index (χ0) is 18.6. The molecule has 2 heterocycles. The van der Waals surface area contributed by atoms with Crippen LogP contribution >= 0.6 is 0 Å². The summed E-state index contributed by atoms with van der Waals surface area (Å²) < 4.78 is 18.7. The maximum absolute atomic E-state index is 13.1. The van der Waals surface area contributed by atoms with Crippen molar-refractivity contribution in [2.45, 2.75) is 31.8 Å². The third-order valence-corrected chi connectivity index (χ3v) is 5.52. The topological polar surface area (TPSA) is 32.8 Å². The van der Waals surface area contributed by atoms with Crippen LogP contribution in [0.3, 0.4) is 0 Å². The van der Waals surface area contributed by atoms with Crippen LogP contribution in [0.5, 0.6) is 5.75 Å². The number of hydrogen-bond donors (Lipinski definition) is 0. The van der Waals surface area contributed by atoms with Gasteiger partial charge in [-0.3, -0.25) is 9.69 Å². The molecule has 0 spiro atoms. The number of likely N-dealkylation sites (tertiary alicyclic amines) is 2. The predicted octanol–water partition coefficient (Wildman–Crippen LogP) is 3.77. The van der Waals surface area contributed by atoms with E-state index >= 15 is 0 Å². The lowest BCUT2D eigenvalue weighted by molar-refractivity contribution is -0.132. The first-order valence-electron chi connectivity index (χ1n) is 9.68. The molecule has 4 rings (SSSR count). The molecule has 2 aromatic rings. The normalized spacial score (nSPS) is 19.7. The summed E-state index contributed by atoms with van der Waals surface area (Å²) in [5.74, 6) is 0.604. The number of nitrogens with zero attached hydrogens (tertiary/aromatic N) is 2. The molecule has 0 N–H and O–H groups in total. The van der Waals surface area contributed by atoms with Gasteiger partial charge in [-0.05, 0) is 54.7 Å². The van der Waals surface area contributed by atoms with E-state index in [2.05, 4.69) is 17.0 Å². The third kappa shape index (κ3) is 4.30. The first-order valence-corrected chi connectivity index (χ1v) is 9.68. The van der Waals surface area contributed by atoms with Gasteiger partial charge in [0.2, 0.25) is 0 Å². The second-order valence-corrected chi connectivity index (χ2v) is 7.35. The Kier molecular flexibility index (Phi) is 5.39. The second-order valence-electron chi connectivity index (χ2n) is 7.35. The van der Waals surface area contributed by atoms with E-state index in [-0.39, 0.29) is 18.3 Å². The van der Waals surface area contributed by atoms with E-state index in [9.17, 15) is 9.18 Å². The minimum atomic E-state index is -0.191. The number of hydrogen-bond acceptors (Lipinski definition) is 3. The molecule has 2 aliphatic rings. The average Bonchev–Trinajstić information content (AvgIpc) is 3.21. The molecule has 0 unspecified atom stereocenters. The van der Waals surface area contributed by atoms with Crippen molar-refractivity contribution in [2.75, 3.05) is 26.2 Å². The molecule has 0 bridgehead atoms. The molecule has 0 aliphatic carbocycles. The van der Waals surface area contributed by atoms with Gasteiger partial charge in [-0.15, -0.1) is 0 Å². The molecule has 1 atom stereocenters. The van der Waals surface area contributed by atoms with Crippen LogP contribution in [0.15, 0.2) is 48.5 Å². The van der Waals surface area contributed by atoms with Crippen LogP contribution in [-0.2, 0) is 11.3 Å². The summed E-state index contributed by atoms with van der Waals surface area (Å²) in [6, 6.07) is 15.1. The Labute approximate surface area is 159 Å². The molecule has 2 saturated heterocycles. The van der Waals surface area contributed by atoms with E-state index in [1.54, 1.807) is 0 Å². The minimum absolute atomic E-state index is 0.0688. The van der Waals surface area contributed by atoms with Crippen LogP contribution in [0.25, 0.3) is 0 Å². The van der Waals surface area contributed by atoms with Gasteiger partial charge in [0, 0.05) is 32.2 Å². The summed E-state index contributed by atoms with van der Waals surface area (Å²) in [5, 5.41) is 0. The van der Waals surface area contributed by atoms with Gasteiger partial charge < -0.3 is 9.64 Å². The maximum Gasteiger partial charge on any atom is 0.260 e. The standard InChI is InChI=1S/C22H25FN2O2/c23-19-7-5-18(6-8-19)21-11-14-25(21)15-17-3-9-20(10-4-17)27-16-22(26)24-12-1-2-13-24/h3-10,21H,1-2,11-16H2/t21-/m0/s1. The van der Waals surface area contributed by atoms with Crippen molar-refractivity contribution < 1.29 is 13.9 Å². The first kappa shape index (κ1) is 18.0. The Morgan fingerprint density at radius 3 is 2.33 bits per heavy atom. The van der Waals surface area contributed by atoms with Gasteiger partial charge in [-0.1, -0.05) is 24.3 Å². The van der Waals surface area contributed by atoms with Gasteiger partial charge in [0.15, 0.2) is 6.61 Å². The second kappa shape index (κ2) is 8.09. The largest absolute Gasteiger partial charge is 0.484 e. The molecule has 0 saturated carbocycles. The number of carbonyl (C=O) groups excluding carboxylic acids is 1. The van der Waals surface area contributed by atoms with Crippen molar-refractivity contribution in [1.29, 1.82) is 0 Å². The van der Waals surface area contributed by atoms with Crippen LogP contribution in [-0.4, -0.2) is 41.9 Å². The Morgan fingerprint density at radius 2 is 1.70 bits per heavy atom. The van der Waals surface area contributed by atoms with Crippen molar-refractivity contribution in [2.24, 2.45) is 0 Å². The highest BCUT2D eigenvalue weighted by atomic mass is 19.1. The molecule has 2 aromatic carbocycles. The molecular formula is C22H25FN2O2. The smallest absolute Gasteiger partial charge is 0.260 e. The maximum atomic E-state index is 13.1. The quantitative estimate of drug-likeness (QED) is 0.778. The highest BCUT2D eigenvalue weighted by Gasteiger charge is 2.29. The Morgan fingerprint density at radius 1 is 1.00 bits per heavy atom. The predicted molar refractivity (Wildman–Crippen MR) is 102 cm³/mol. The summed E-state index contributed by atoms with van der Waals surface area (Å²) in [6.07, 6.45) is 3.29. The summed E-state index contributed by atoms with van der Waals surface area (Å²) in [4.78, 5) is 16.3. The fourth-order valence-electron chi connectivity index (χ4n) is 3.82. The van der Waals surface area contributed by atoms with Crippen molar-refractivity contribution in [1.82, 2.24) is 9.80 Å². The van der Waals surface area contributed by atoms with Crippen LogP contribution in [0.1, 0.15) is 36.4 Å². The highest BCUT2D eigenvalue weighted by molar-refractivity contribution is 5.78. The molecule has 0 radical (unpaired) electrons. The minimum Gasteiger partial charge on any atom is -0.484 e. The van der Waals surface area contributed by atoms with Crippen LogP contribution < -0.4 is 4.74 Å². The number of carbonyl (C=O) groups is 1. The third-order valence-electron chi connectivity index (χ3n) is 5.52. The van der Waals surface area contributed by atoms with Crippen molar-refractivity contribution in [3.05, 3.63) is 65.5 Å². The molecule has 2 fully saturated rings. The number of amides is 1. The molecule has 1 amide bonds. The fourth-order valence-corrected chi connectivity index (χ4v) is 3.82. The fraction of sp³-hybridized carbons (Fsp3) is 0.409. The SMILES string of the molecule is O=C(COc1ccc(CN2CC[C@H]2c2ccc(F)cc2)cc1)N1CCCC1. The summed E-state index contributed by atoms with van der Waals surface area (Å²) in [5.41, 5.74) is 2.38. The number of benzene rings is 2. The first-order chi connectivity index (χ1) is 13.2. The monoisotopic (exact) mass is 368 g/mol. The lowest BCUT2D eigenvalue weighted by atomic mass is 9.94. The molecule has 2 aliphatic heterocycles. The van der Waals surface area contributed by atoms with Crippen LogP contribution in [0.4, 0.5) is 4.39 Å². The lowest BCUT2D eigenvalue weighted by Gasteiger charge is -2.41. The Hall–Kier alpha value is -2.40. The molecule has 27 heavy (non-hydrogen) atoms. The number of ether oxygens (including phenoxy) is 1. The van der Waals surface area contributed by atoms with Crippen molar-refractivity contribution in [3.63, 3.8) is 0 Å². The van der Waals surface area contributed by atoms with Gasteiger partial charge in [0.05, 0.1) is 0 Å². The van der Waals surface area contributed by atoms with Gasteiger partial charge in [0.25, 0.3) is 5.91 Å². The van der Waals surface area contributed by atoms with Crippen LogP contribution in [0.2, 0.25) is 0 Å². The van der Waals surface area contributed by atoms with E-state index in [4.69, 9.17) is 4.74 Å². The van der Waals surface area contributed by atoms with Crippen molar-refractivity contribution in [3.8, 4) is 5.75 Å². The zero-order valence-electron chi connectivity index (χ0n) is 15.4. The molecular weight excluding hydrogens is 343 g/mol. The van der Waals surface area contributed by atoms with E-state index in [1.807, 2.05) is 29.2 Å². The van der Waals surface area contributed by atoms with E-state index in [0.29, 0.717) is 6.04 Å². The van der Waals surface area contributed by atoms with Crippen molar-refractivity contribution >= 4 is 5.91 Å². The van der Waals surface area contributed by atoms with Crippen LogP contribution in [0, 0.1) is 5.82 Å². The molecule has 0 aromatic heterocycles. The lowest BCUT2D eigenvalue weighted by Crippen LogP contribution is -2.40. The van der Waals surface area contributed by atoms with Gasteiger partial charge >= 0.3 is 0 Å². The Balaban J connectivity index is 1.29. The summed E-state index contributed by atoms with van der Waals surface area (Å²) in [7, 11) is 0. The highest BCUT2D eigenvalue weighted by Crippen LogP contribution is 2.34. The average molecular weight is 368 g/mol. The van der Waals surface area contributed by atoms with E-state index in [0.717, 1.165) is 51.2 Å². The molecule has 4 nitrogen and oxygen atoms in total. The Bertz CT molecular complexity index is 770. The van der Waals surface area contributed by atoms with E-state index < -0.39 is 0 Å². The number of halogens is 1. The zero-order valence-corrected chi connectivity index (χ0v) is 15.4.